The van der Waals surface area contributed by atoms with E-state index in [4.69, 9.17) is 0 Å². The van der Waals surface area contributed by atoms with E-state index in [0.29, 0.717) is 32.6 Å². The van der Waals surface area contributed by atoms with Gasteiger partial charge >= 0.3 is 0 Å². The highest BCUT2D eigenvalue weighted by Crippen LogP contribution is 2.33. The van der Waals surface area contributed by atoms with Gasteiger partial charge in [-0.25, -0.2) is 12.7 Å². The number of hydrogen-bond acceptors (Lipinski definition) is 3. The Morgan fingerprint density at radius 3 is 2.45 bits per heavy atom. The summed E-state index contributed by atoms with van der Waals surface area (Å²) < 4.78 is 25.6. The molecule has 0 radical (unpaired) electrons. The number of nitrogens with zero attached hydrogens (tertiary/aromatic N) is 2. The van der Waals surface area contributed by atoms with Crippen molar-refractivity contribution in [2.75, 3.05) is 25.4 Å². The third-order valence-electron chi connectivity index (χ3n) is 4.76. The third kappa shape index (κ3) is 3.03. The van der Waals surface area contributed by atoms with E-state index >= 15 is 0 Å². The fraction of sp³-hybridized carbons (Fsp3) is 0.562. The number of rotatable bonds is 4. The van der Waals surface area contributed by atoms with Crippen LogP contribution in [0.15, 0.2) is 30.3 Å². The van der Waals surface area contributed by atoms with E-state index in [1.807, 2.05) is 35.2 Å². The van der Waals surface area contributed by atoms with Crippen LogP contribution >= 0.6 is 0 Å². The normalized spacial score (nSPS) is 26.2. The largest absolute Gasteiger partial charge is 0.338 e. The summed E-state index contributed by atoms with van der Waals surface area (Å²) in [5.74, 6) is 0.720. The zero-order valence-corrected chi connectivity index (χ0v) is 13.6. The Labute approximate surface area is 132 Å². The van der Waals surface area contributed by atoms with Crippen molar-refractivity contribution in [2.24, 2.45) is 11.8 Å². The van der Waals surface area contributed by atoms with Crippen LogP contribution in [0.25, 0.3) is 0 Å². The molecule has 1 amide bonds. The lowest BCUT2D eigenvalue weighted by molar-refractivity contribution is -0.136. The summed E-state index contributed by atoms with van der Waals surface area (Å²) in [6, 6.07) is 9.93. The third-order valence-corrected chi connectivity index (χ3v) is 6.58. The number of piperidine rings is 1. The molecule has 0 saturated carbocycles. The van der Waals surface area contributed by atoms with Crippen LogP contribution in [0.3, 0.4) is 0 Å². The molecule has 2 heterocycles. The van der Waals surface area contributed by atoms with Crippen LogP contribution in [-0.2, 0) is 21.4 Å². The fourth-order valence-corrected chi connectivity index (χ4v) is 4.64. The molecule has 2 fully saturated rings. The number of likely N-dealkylation sites (tertiary alicyclic amines) is 1. The molecule has 6 heteroatoms. The predicted octanol–water partition coefficient (Wildman–Crippen LogP) is 1.32. The molecule has 0 unspecified atom stereocenters. The van der Waals surface area contributed by atoms with Crippen molar-refractivity contribution in [2.45, 2.75) is 19.9 Å². The SMILES string of the molecule is CCS(=O)(=O)N1C[C@H]2CN(Cc3ccccc3)C(=O)C[C@H]2C1. The first-order valence-corrected chi connectivity index (χ1v) is 9.40. The maximum absolute atomic E-state index is 12.3. The molecule has 2 saturated heterocycles. The summed E-state index contributed by atoms with van der Waals surface area (Å²) in [7, 11) is -3.15. The average Bonchev–Trinajstić information content (AvgIpc) is 2.92. The lowest BCUT2D eigenvalue weighted by atomic mass is 9.88. The molecule has 0 N–H and O–H groups in total. The Morgan fingerprint density at radius 1 is 1.09 bits per heavy atom. The van der Waals surface area contributed by atoms with Gasteiger partial charge in [0.1, 0.15) is 0 Å². The number of hydrogen-bond donors (Lipinski definition) is 0. The Morgan fingerprint density at radius 2 is 1.77 bits per heavy atom. The molecule has 0 spiro atoms. The van der Waals surface area contributed by atoms with Crippen LogP contribution in [-0.4, -0.2) is 48.9 Å². The van der Waals surface area contributed by atoms with Gasteiger partial charge in [0.25, 0.3) is 0 Å². The fourth-order valence-electron chi connectivity index (χ4n) is 3.44. The van der Waals surface area contributed by atoms with E-state index < -0.39 is 10.0 Å². The van der Waals surface area contributed by atoms with Crippen molar-refractivity contribution >= 4 is 15.9 Å². The molecule has 120 valence electrons. The van der Waals surface area contributed by atoms with Gasteiger partial charge in [-0.1, -0.05) is 30.3 Å². The molecular formula is C16H22N2O3S. The molecule has 0 aromatic heterocycles. The standard InChI is InChI=1S/C16H22N2O3S/c1-2-22(20,21)18-11-14-8-16(19)17(10-15(14)12-18)9-13-6-4-3-5-7-13/h3-7,14-15H,2,8-12H2,1H3/t14-,15+/m0/s1. The lowest BCUT2D eigenvalue weighted by Gasteiger charge is -2.34. The lowest BCUT2D eigenvalue weighted by Crippen LogP contribution is -2.43. The van der Waals surface area contributed by atoms with Crippen molar-refractivity contribution in [3.05, 3.63) is 35.9 Å². The second-order valence-electron chi connectivity index (χ2n) is 6.20. The highest BCUT2D eigenvalue weighted by molar-refractivity contribution is 7.89. The molecule has 1 aromatic rings. The van der Waals surface area contributed by atoms with Gasteiger partial charge in [0.2, 0.25) is 15.9 Å². The number of carbonyl (C=O) groups is 1. The first-order chi connectivity index (χ1) is 10.5. The molecule has 0 aliphatic carbocycles. The molecule has 3 rings (SSSR count). The zero-order chi connectivity index (χ0) is 15.7. The summed E-state index contributed by atoms with van der Waals surface area (Å²) in [6.07, 6.45) is 0.466. The molecule has 2 aliphatic heterocycles. The highest BCUT2D eigenvalue weighted by Gasteiger charge is 2.43. The van der Waals surface area contributed by atoms with E-state index in [0.717, 1.165) is 5.56 Å². The minimum absolute atomic E-state index is 0.133. The van der Waals surface area contributed by atoms with E-state index in [2.05, 4.69) is 0 Å². The van der Waals surface area contributed by atoms with Crippen LogP contribution in [0.5, 0.6) is 0 Å². The number of sulfonamides is 1. The second kappa shape index (κ2) is 6.01. The van der Waals surface area contributed by atoms with Crippen LogP contribution < -0.4 is 0 Å². The molecule has 5 nitrogen and oxygen atoms in total. The van der Waals surface area contributed by atoms with E-state index in [-0.39, 0.29) is 23.5 Å². The van der Waals surface area contributed by atoms with Gasteiger partial charge < -0.3 is 4.90 Å². The minimum Gasteiger partial charge on any atom is -0.338 e. The van der Waals surface area contributed by atoms with Gasteiger partial charge in [-0.3, -0.25) is 4.79 Å². The van der Waals surface area contributed by atoms with Gasteiger partial charge in [0.05, 0.1) is 5.75 Å². The van der Waals surface area contributed by atoms with Crippen molar-refractivity contribution in [1.29, 1.82) is 0 Å². The van der Waals surface area contributed by atoms with Crippen LogP contribution in [0, 0.1) is 11.8 Å². The monoisotopic (exact) mass is 322 g/mol. The quantitative estimate of drug-likeness (QED) is 0.840. The Bertz CT molecular complexity index is 645. The summed E-state index contributed by atoms with van der Waals surface area (Å²) in [4.78, 5) is 14.2. The van der Waals surface area contributed by atoms with Crippen LogP contribution in [0.1, 0.15) is 18.9 Å². The smallest absolute Gasteiger partial charge is 0.223 e. The van der Waals surface area contributed by atoms with Crippen LogP contribution in [0.2, 0.25) is 0 Å². The van der Waals surface area contributed by atoms with Gasteiger partial charge in [0.15, 0.2) is 0 Å². The molecule has 22 heavy (non-hydrogen) atoms. The summed E-state index contributed by atoms with van der Waals surface area (Å²) in [6.45, 7) is 4.01. The van der Waals surface area contributed by atoms with Gasteiger partial charge in [-0.2, -0.15) is 0 Å². The van der Waals surface area contributed by atoms with E-state index in [1.165, 1.54) is 0 Å². The Kier molecular flexibility index (Phi) is 4.23. The number of benzene rings is 1. The Hall–Kier alpha value is -1.40. The zero-order valence-electron chi connectivity index (χ0n) is 12.8. The van der Waals surface area contributed by atoms with Gasteiger partial charge in [0, 0.05) is 32.6 Å². The van der Waals surface area contributed by atoms with Gasteiger partial charge in [-0.15, -0.1) is 0 Å². The molecular weight excluding hydrogens is 300 g/mol. The summed E-state index contributed by atoms with van der Waals surface area (Å²) in [5, 5.41) is 0. The molecule has 2 aliphatic rings. The first-order valence-electron chi connectivity index (χ1n) is 7.79. The molecule has 2 atom stereocenters. The number of amides is 1. The topological polar surface area (TPSA) is 57.7 Å². The van der Waals surface area contributed by atoms with Crippen LogP contribution in [0.4, 0.5) is 0 Å². The van der Waals surface area contributed by atoms with Crippen molar-refractivity contribution in [1.82, 2.24) is 9.21 Å². The first kappa shape index (κ1) is 15.5. The van der Waals surface area contributed by atoms with Crippen molar-refractivity contribution in [3.63, 3.8) is 0 Å². The average molecular weight is 322 g/mol. The highest BCUT2D eigenvalue weighted by atomic mass is 32.2. The Balaban J connectivity index is 1.69. The summed E-state index contributed by atoms with van der Waals surface area (Å²) in [5.41, 5.74) is 1.12. The minimum atomic E-state index is -3.15. The van der Waals surface area contributed by atoms with E-state index in [1.54, 1.807) is 11.2 Å². The second-order valence-corrected chi connectivity index (χ2v) is 8.46. The maximum atomic E-state index is 12.3. The molecule has 0 bridgehead atoms. The number of carbonyl (C=O) groups excluding carboxylic acids is 1. The van der Waals surface area contributed by atoms with E-state index in [9.17, 15) is 13.2 Å². The maximum Gasteiger partial charge on any atom is 0.223 e. The number of fused-ring (bicyclic) bond motifs is 1. The molecule has 1 aromatic carbocycles. The van der Waals surface area contributed by atoms with Gasteiger partial charge in [-0.05, 0) is 24.3 Å². The predicted molar refractivity (Wildman–Crippen MR) is 84.5 cm³/mol. The van der Waals surface area contributed by atoms with Crippen molar-refractivity contribution in [3.8, 4) is 0 Å². The van der Waals surface area contributed by atoms with Crippen molar-refractivity contribution < 1.29 is 13.2 Å². The summed E-state index contributed by atoms with van der Waals surface area (Å²) >= 11 is 0.